The summed E-state index contributed by atoms with van der Waals surface area (Å²) in [5.74, 6) is 0.341. The van der Waals surface area contributed by atoms with Crippen molar-refractivity contribution in [3.63, 3.8) is 0 Å². The third-order valence-electron chi connectivity index (χ3n) is 3.46. The Morgan fingerprint density at radius 2 is 0.968 bits per heavy atom. The zero-order valence-corrected chi connectivity index (χ0v) is 19.0. The number of benzene rings is 3. The Labute approximate surface area is 198 Å². The molecule has 0 unspecified atom stereocenters. The minimum Gasteiger partial charge on any atom is -0.497 e. The molecule has 0 radical (unpaired) electrons. The molecular weight excluding hydrogens is 489 g/mol. The Hall–Kier alpha value is -2.44. The number of carbonyl (C=O) groups is 3. The molecule has 162 valence electrons. The van der Waals surface area contributed by atoms with Crippen LogP contribution in [0.3, 0.4) is 0 Å². The van der Waals surface area contributed by atoms with E-state index in [1.54, 1.807) is 55.6 Å². The second kappa shape index (κ2) is 13.8. The fraction of sp³-hybridized carbons (Fsp3) is 0.0455. The highest BCUT2D eigenvalue weighted by atomic mass is 35.5. The first-order valence-corrected chi connectivity index (χ1v) is 9.90. The van der Waals surface area contributed by atoms with Gasteiger partial charge in [0.1, 0.15) is 11.6 Å². The average Bonchev–Trinajstić information content (AvgIpc) is 2.75. The van der Waals surface area contributed by atoms with Gasteiger partial charge in [0.25, 0.3) is 15.7 Å². The molecule has 0 fully saturated rings. The molecule has 0 amide bonds. The van der Waals surface area contributed by atoms with Crippen molar-refractivity contribution in [1.29, 1.82) is 0 Å². The predicted molar refractivity (Wildman–Crippen MR) is 121 cm³/mol. The highest BCUT2D eigenvalue weighted by molar-refractivity contribution is 6.68. The first kappa shape index (κ1) is 26.6. The van der Waals surface area contributed by atoms with Gasteiger partial charge in [0.2, 0.25) is 0 Å². The van der Waals surface area contributed by atoms with E-state index in [-0.39, 0.29) is 5.82 Å². The zero-order chi connectivity index (χ0) is 23.4. The molecule has 3 aromatic carbocycles. The molecule has 3 aromatic rings. The molecule has 0 saturated heterocycles. The van der Waals surface area contributed by atoms with Crippen LogP contribution in [0.4, 0.5) is 4.39 Å². The molecule has 0 spiro atoms. The van der Waals surface area contributed by atoms with E-state index in [4.69, 9.17) is 51.1 Å². The van der Waals surface area contributed by atoms with E-state index < -0.39 is 15.7 Å². The smallest absolute Gasteiger partial charge is 0.252 e. The van der Waals surface area contributed by atoms with Crippen molar-refractivity contribution in [3.05, 3.63) is 100 Å². The van der Waals surface area contributed by atoms with Gasteiger partial charge < -0.3 is 4.74 Å². The number of rotatable bonds is 4. The molecule has 0 aliphatic rings. The Morgan fingerprint density at radius 1 is 0.645 bits per heavy atom. The van der Waals surface area contributed by atoms with Crippen LogP contribution < -0.4 is 4.74 Å². The van der Waals surface area contributed by atoms with Crippen molar-refractivity contribution in [2.45, 2.75) is 0 Å². The second-order valence-electron chi connectivity index (χ2n) is 5.56. The maximum Gasteiger partial charge on any atom is 0.252 e. The van der Waals surface area contributed by atoms with Crippen LogP contribution in [0.25, 0.3) is 0 Å². The lowest BCUT2D eigenvalue weighted by Gasteiger charge is -1.98. The lowest BCUT2D eigenvalue weighted by atomic mass is 10.2. The maximum atomic E-state index is 12.2. The quantitative estimate of drug-likeness (QED) is 0.359. The van der Waals surface area contributed by atoms with E-state index in [1.807, 2.05) is 0 Å². The van der Waals surface area contributed by atoms with Gasteiger partial charge in [0, 0.05) is 21.7 Å². The van der Waals surface area contributed by atoms with E-state index in [2.05, 4.69) is 0 Å². The minimum atomic E-state index is -0.569. The fourth-order valence-corrected chi connectivity index (χ4v) is 2.39. The van der Waals surface area contributed by atoms with Crippen molar-refractivity contribution < 1.29 is 23.5 Å². The summed E-state index contributed by atoms with van der Waals surface area (Å²) in [7, 11) is 1.57. The van der Waals surface area contributed by atoms with Crippen LogP contribution in [-0.4, -0.2) is 22.8 Å². The average molecular weight is 504 g/mol. The molecule has 0 bridgehead atoms. The second-order valence-corrected chi connectivity index (χ2v) is 7.03. The van der Waals surface area contributed by atoms with Crippen molar-refractivity contribution in [2.24, 2.45) is 0 Å². The predicted octanol–water partition coefficient (Wildman–Crippen LogP) is 7.00. The van der Waals surface area contributed by atoms with E-state index in [9.17, 15) is 18.8 Å². The van der Waals surface area contributed by atoms with E-state index in [0.29, 0.717) is 27.5 Å². The SMILES string of the molecule is COc1ccc(C(=O)Cl)cc1.O=C(Cl)c1ccc(Cl)cc1.O=C(Cl)c1ccc(F)cc1. The van der Waals surface area contributed by atoms with Crippen LogP contribution in [0, 0.1) is 5.82 Å². The van der Waals surface area contributed by atoms with Gasteiger partial charge >= 0.3 is 0 Å². The molecule has 9 heteroatoms. The largest absolute Gasteiger partial charge is 0.497 e. The Bertz CT molecular complexity index is 950. The highest BCUT2D eigenvalue weighted by Crippen LogP contribution is 2.12. The number of hydrogen-bond donors (Lipinski definition) is 0. The van der Waals surface area contributed by atoms with Crippen molar-refractivity contribution in [1.82, 2.24) is 0 Å². The highest BCUT2D eigenvalue weighted by Gasteiger charge is 2.00. The molecule has 0 atom stereocenters. The lowest BCUT2D eigenvalue weighted by Crippen LogP contribution is -1.88. The van der Waals surface area contributed by atoms with E-state index >= 15 is 0 Å². The standard InChI is InChI=1S/C8H7ClO2.C7H4Cl2O.C7H4ClFO/c1-11-7-4-2-6(3-5-7)8(9)10;8-6-3-1-5(2-4-6)7(9)10;8-7(10)5-1-3-6(9)4-2-5/h2-5H,1H3;2*1-4H. The van der Waals surface area contributed by atoms with Crippen LogP contribution in [0.15, 0.2) is 72.8 Å². The van der Waals surface area contributed by atoms with Gasteiger partial charge in [-0.3, -0.25) is 14.4 Å². The number of hydrogen-bond acceptors (Lipinski definition) is 4. The van der Waals surface area contributed by atoms with Crippen LogP contribution in [0.2, 0.25) is 5.02 Å². The summed E-state index contributed by atoms with van der Waals surface area (Å²) >= 11 is 21.0. The molecule has 0 aliphatic heterocycles. The van der Waals surface area contributed by atoms with Crippen LogP contribution in [0.5, 0.6) is 5.75 Å². The molecule has 31 heavy (non-hydrogen) atoms. The molecule has 0 aliphatic carbocycles. The van der Waals surface area contributed by atoms with Gasteiger partial charge in [0.15, 0.2) is 0 Å². The molecular formula is C22H15Cl4FO4. The van der Waals surface area contributed by atoms with Crippen LogP contribution >= 0.6 is 46.4 Å². The summed E-state index contributed by atoms with van der Waals surface area (Å²) in [6, 6.07) is 18.1. The Morgan fingerprint density at radius 3 is 1.29 bits per heavy atom. The maximum absolute atomic E-state index is 12.2. The summed E-state index contributed by atoms with van der Waals surface area (Å²) in [6.07, 6.45) is 0. The Balaban J connectivity index is 0.000000233. The molecule has 0 aromatic heterocycles. The van der Waals surface area contributed by atoms with Gasteiger partial charge in [-0.1, -0.05) is 11.6 Å². The third-order valence-corrected chi connectivity index (χ3v) is 4.37. The Kier molecular flexibility index (Phi) is 11.8. The van der Waals surface area contributed by atoms with E-state index in [1.165, 1.54) is 24.3 Å². The number of carbonyl (C=O) groups excluding carboxylic acids is 3. The minimum absolute atomic E-state index is 0.308. The van der Waals surface area contributed by atoms with Crippen molar-refractivity contribution in [3.8, 4) is 5.75 Å². The molecule has 0 N–H and O–H groups in total. The third kappa shape index (κ3) is 10.4. The van der Waals surface area contributed by atoms with E-state index in [0.717, 1.165) is 0 Å². The van der Waals surface area contributed by atoms with Crippen molar-refractivity contribution in [2.75, 3.05) is 7.11 Å². The normalized spacial score (nSPS) is 9.35. The van der Waals surface area contributed by atoms with Gasteiger partial charge in [0.05, 0.1) is 7.11 Å². The number of halogens is 5. The zero-order valence-electron chi connectivity index (χ0n) is 16.0. The summed E-state index contributed by atoms with van der Waals surface area (Å²) < 4.78 is 17.1. The van der Waals surface area contributed by atoms with Gasteiger partial charge in [-0.2, -0.15) is 0 Å². The van der Waals surface area contributed by atoms with Crippen LogP contribution in [-0.2, 0) is 0 Å². The summed E-state index contributed by atoms with van der Waals surface area (Å²) in [4.78, 5) is 31.4. The van der Waals surface area contributed by atoms with Crippen LogP contribution in [0.1, 0.15) is 31.1 Å². The number of methoxy groups -OCH3 is 1. The van der Waals surface area contributed by atoms with Gasteiger partial charge in [-0.15, -0.1) is 0 Å². The van der Waals surface area contributed by atoms with Gasteiger partial charge in [-0.05, 0) is 108 Å². The lowest BCUT2D eigenvalue weighted by molar-refractivity contribution is 0.107. The monoisotopic (exact) mass is 502 g/mol. The first-order valence-electron chi connectivity index (χ1n) is 8.38. The summed E-state index contributed by atoms with van der Waals surface area (Å²) in [5, 5.41) is -0.883. The number of ether oxygens (including phenoxy) is 1. The molecule has 0 heterocycles. The molecule has 0 saturated carbocycles. The van der Waals surface area contributed by atoms with Crippen molar-refractivity contribution >= 4 is 62.1 Å². The first-order chi connectivity index (χ1) is 14.6. The van der Waals surface area contributed by atoms with Gasteiger partial charge in [-0.25, -0.2) is 4.39 Å². The molecule has 3 rings (SSSR count). The summed E-state index contributed by atoms with van der Waals surface area (Å²) in [5.41, 5.74) is 1.25. The fourth-order valence-electron chi connectivity index (χ4n) is 1.88. The summed E-state index contributed by atoms with van der Waals surface area (Å²) in [6.45, 7) is 0. The molecule has 4 nitrogen and oxygen atoms in total. The topological polar surface area (TPSA) is 60.4 Å².